The first-order valence-corrected chi connectivity index (χ1v) is 9.42. The van der Waals surface area contributed by atoms with Gasteiger partial charge in [0.25, 0.3) is 5.91 Å². The van der Waals surface area contributed by atoms with Gasteiger partial charge in [-0.15, -0.1) is 0 Å². The first-order valence-electron chi connectivity index (χ1n) is 9.42. The van der Waals surface area contributed by atoms with Crippen molar-refractivity contribution in [1.82, 2.24) is 10.1 Å². The molecule has 8 nitrogen and oxygen atoms in total. The molecule has 0 spiro atoms. The number of anilines is 3. The summed E-state index contributed by atoms with van der Waals surface area (Å²) in [5.41, 5.74) is 10.4. The van der Waals surface area contributed by atoms with E-state index in [9.17, 15) is 9.59 Å². The minimum absolute atomic E-state index is 0.207. The monoisotopic (exact) mass is 413 g/mol. The lowest BCUT2D eigenvalue weighted by atomic mass is 10.0. The molecule has 0 radical (unpaired) electrons. The van der Waals surface area contributed by atoms with E-state index in [1.54, 1.807) is 36.4 Å². The second kappa shape index (κ2) is 8.11. The van der Waals surface area contributed by atoms with E-state index in [0.717, 1.165) is 16.8 Å². The molecule has 4 N–H and O–H groups in total. The number of carbonyl (C=O) groups excluding carboxylic acids is 2. The van der Waals surface area contributed by atoms with Gasteiger partial charge in [0.1, 0.15) is 0 Å². The Bertz CT molecular complexity index is 1310. The van der Waals surface area contributed by atoms with Crippen LogP contribution < -0.4 is 16.4 Å². The Morgan fingerprint density at radius 1 is 1.06 bits per heavy atom. The van der Waals surface area contributed by atoms with Gasteiger partial charge in [0.05, 0.1) is 5.39 Å². The highest BCUT2D eigenvalue weighted by atomic mass is 16.5. The van der Waals surface area contributed by atoms with Crippen LogP contribution in [-0.4, -0.2) is 22.0 Å². The second-order valence-corrected chi connectivity index (χ2v) is 6.86. The fourth-order valence-electron chi connectivity index (χ4n) is 3.20. The lowest BCUT2D eigenvalue weighted by Gasteiger charge is -2.09. The fourth-order valence-corrected chi connectivity index (χ4v) is 3.20. The van der Waals surface area contributed by atoms with Gasteiger partial charge in [0, 0.05) is 28.2 Å². The Morgan fingerprint density at radius 3 is 2.58 bits per heavy atom. The van der Waals surface area contributed by atoms with E-state index in [1.165, 1.54) is 6.08 Å². The molecule has 2 amide bonds. The molecule has 0 saturated heterocycles. The summed E-state index contributed by atoms with van der Waals surface area (Å²) < 4.78 is 5.07. The normalized spacial score (nSPS) is 10.6. The highest BCUT2D eigenvalue weighted by Gasteiger charge is 2.14. The van der Waals surface area contributed by atoms with Crippen molar-refractivity contribution in [3.05, 3.63) is 78.5 Å². The van der Waals surface area contributed by atoms with Crippen LogP contribution in [-0.2, 0) is 4.79 Å². The number of nitrogens with two attached hydrogens (primary N) is 1. The van der Waals surface area contributed by atoms with Crippen LogP contribution in [0.2, 0.25) is 0 Å². The molecule has 8 heteroatoms. The molecule has 4 aromatic rings. The second-order valence-electron chi connectivity index (χ2n) is 6.86. The number of fused-ring (bicyclic) bond motifs is 1. The Balaban J connectivity index is 1.55. The molecule has 0 saturated carbocycles. The van der Waals surface area contributed by atoms with Crippen LogP contribution in [0.1, 0.15) is 16.1 Å². The highest BCUT2D eigenvalue weighted by molar-refractivity contribution is 6.06. The van der Waals surface area contributed by atoms with Crippen molar-refractivity contribution in [2.45, 2.75) is 6.92 Å². The third kappa shape index (κ3) is 4.13. The highest BCUT2D eigenvalue weighted by Crippen LogP contribution is 2.33. The van der Waals surface area contributed by atoms with E-state index in [1.807, 2.05) is 25.1 Å². The van der Waals surface area contributed by atoms with Gasteiger partial charge in [-0.1, -0.05) is 29.9 Å². The van der Waals surface area contributed by atoms with Crippen molar-refractivity contribution in [2.75, 3.05) is 16.4 Å². The summed E-state index contributed by atoms with van der Waals surface area (Å²) in [6, 6.07) is 15.9. The number of nitrogens with one attached hydrogen (secondary N) is 2. The molecule has 0 atom stereocenters. The summed E-state index contributed by atoms with van der Waals surface area (Å²) in [4.78, 5) is 28.4. The zero-order chi connectivity index (χ0) is 22.0. The zero-order valence-electron chi connectivity index (χ0n) is 16.7. The minimum Gasteiger partial charge on any atom is -0.367 e. The Labute approximate surface area is 177 Å². The molecule has 31 heavy (non-hydrogen) atoms. The molecule has 0 aliphatic rings. The van der Waals surface area contributed by atoms with Crippen molar-refractivity contribution < 1.29 is 14.1 Å². The van der Waals surface area contributed by atoms with Gasteiger partial charge < -0.3 is 20.9 Å². The van der Waals surface area contributed by atoms with E-state index in [4.69, 9.17) is 10.3 Å². The van der Waals surface area contributed by atoms with Crippen molar-refractivity contribution in [1.29, 1.82) is 0 Å². The van der Waals surface area contributed by atoms with Crippen molar-refractivity contribution in [3.63, 3.8) is 0 Å². The number of aryl methyl sites for hydroxylation is 1. The van der Waals surface area contributed by atoms with Crippen LogP contribution in [0.5, 0.6) is 0 Å². The molecule has 0 bridgehead atoms. The number of carbonyl (C=O) groups is 2. The summed E-state index contributed by atoms with van der Waals surface area (Å²) in [5.74, 6) is -0.437. The first-order chi connectivity index (χ1) is 14.9. The number of amides is 2. The predicted octanol–water partition coefficient (Wildman–Crippen LogP) is 4.16. The SMILES string of the molecule is C=CC(=O)Nc1cccc(C(=O)Nc2ccc(-c3cc(C)nc4noc(N)c34)cc2)c1. The van der Waals surface area contributed by atoms with Crippen LogP contribution in [0.4, 0.5) is 17.3 Å². The maximum Gasteiger partial charge on any atom is 0.255 e. The predicted molar refractivity (Wildman–Crippen MR) is 120 cm³/mol. The maximum absolute atomic E-state index is 12.6. The Morgan fingerprint density at radius 2 is 1.84 bits per heavy atom. The van der Waals surface area contributed by atoms with E-state index >= 15 is 0 Å². The van der Waals surface area contributed by atoms with E-state index in [0.29, 0.717) is 28.0 Å². The van der Waals surface area contributed by atoms with E-state index in [-0.39, 0.29) is 17.7 Å². The van der Waals surface area contributed by atoms with Crippen molar-refractivity contribution in [2.24, 2.45) is 0 Å². The van der Waals surface area contributed by atoms with Crippen LogP contribution in [0.25, 0.3) is 22.2 Å². The Hall–Kier alpha value is -4.46. The lowest BCUT2D eigenvalue weighted by molar-refractivity contribution is -0.111. The van der Waals surface area contributed by atoms with Gasteiger partial charge in [-0.3, -0.25) is 9.59 Å². The first kappa shape index (κ1) is 19.8. The Kier molecular flexibility index (Phi) is 5.19. The quantitative estimate of drug-likeness (QED) is 0.422. The smallest absolute Gasteiger partial charge is 0.255 e. The summed E-state index contributed by atoms with van der Waals surface area (Å²) in [6.45, 7) is 5.28. The van der Waals surface area contributed by atoms with Gasteiger partial charge in [-0.25, -0.2) is 4.98 Å². The topological polar surface area (TPSA) is 123 Å². The van der Waals surface area contributed by atoms with Gasteiger partial charge in [-0.05, 0) is 55.0 Å². The average molecular weight is 413 g/mol. The number of hydrogen-bond acceptors (Lipinski definition) is 6. The third-order valence-corrected chi connectivity index (χ3v) is 4.64. The standard InChI is InChI=1S/C23H19N5O3/c1-3-19(29)26-17-6-4-5-15(12-17)23(30)27-16-9-7-14(8-10-16)18-11-13(2)25-22-20(18)21(24)31-28-22/h3-12H,1,24H2,2H3,(H,26,29)(H,27,30). The van der Waals surface area contributed by atoms with E-state index < -0.39 is 0 Å². The van der Waals surface area contributed by atoms with Crippen LogP contribution in [0.3, 0.4) is 0 Å². The zero-order valence-corrected chi connectivity index (χ0v) is 16.7. The molecule has 0 aliphatic heterocycles. The van der Waals surface area contributed by atoms with Gasteiger partial charge >= 0.3 is 0 Å². The molecule has 0 unspecified atom stereocenters. The number of aromatic nitrogens is 2. The largest absolute Gasteiger partial charge is 0.367 e. The molecule has 2 aromatic heterocycles. The molecule has 2 aromatic carbocycles. The van der Waals surface area contributed by atoms with Crippen molar-refractivity contribution in [3.8, 4) is 11.1 Å². The number of benzene rings is 2. The third-order valence-electron chi connectivity index (χ3n) is 4.64. The lowest BCUT2D eigenvalue weighted by Crippen LogP contribution is -2.13. The molecule has 2 heterocycles. The summed E-state index contributed by atoms with van der Waals surface area (Å²) in [7, 11) is 0. The number of rotatable bonds is 5. The van der Waals surface area contributed by atoms with Gasteiger partial charge in [0.2, 0.25) is 17.4 Å². The average Bonchev–Trinajstić information content (AvgIpc) is 3.14. The number of nitrogens with zero attached hydrogens (tertiary/aromatic N) is 2. The molecular weight excluding hydrogens is 394 g/mol. The molecule has 0 fully saturated rings. The fraction of sp³-hybridized carbons (Fsp3) is 0.0435. The van der Waals surface area contributed by atoms with Crippen LogP contribution in [0.15, 0.2) is 71.8 Å². The van der Waals surface area contributed by atoms with Gasteiger partial charge in [0.15, 0.2) is 0 Å². The number of nitrogen functional groups attached to an aromatic ring is 1. The summed E-state index contributed by atoms with van der Waals surface area (Å²) in [6.07, 6.45) is 1.17. The van der Waals surface area contributed by atoms with Crippen molar-refractivity contribution >= 4 is 40.1 Å². The molecular formula is C23H19N5O3. The minimum atomic E-state index is -0.345. The molecule has 0 aliphatic carbocycles. The molecule has 154 valence electrons. The summed E-state index contributed by atoms with van der Waals surface area (Å²) in [5, 5.41) is 10.0. The number of pyridine rings is 1. The van der Waals surface area contributed by atoms with Gasteiger partial charge in [-0.2, -0.15) is 0 Å². The molecule has 4 rings (SSSR count). The van der Waals surface area contributed by atoms with Crippen LogP contribution in [0, 0.1) is 6.92 Å². The number of hydrogen-bond donors (Lipinski definition) is 3. The summed E-state index contributed by atoms with van der Waals surface area (Å²) >= 11 is 0. The van der Waals surface area contributed by atoms with E-state index in [2.05, 4.69) is 27.4 Å². The maximum atomic E-state index is 12.6. The van der Waals surface area contributed by atoms with Crippen LogP contribution >= 0.6 is 0 Å².